The Kier molecular flexibility index (Phi) is 3.85. The molecule has 1 aromatic heterocycles. The van der Waals surface area contributed by atoms with Crippen LogP contribution in [0.3, 0.4) is 0 Å². The van der Waals surface area contributed by atoms with E-state index in [2.05, 4.69) is 14.7 Å². The number of aromatic nitrogens is 2. The minimum Gasteiger partial charge on any atom is -0.464 e. The molecule has 19 heavy (non-hydrogen) atoms. The van der Waals surface area contributed by atoms with E-state index in [1.807, 2.05) is 31.2 Å². The second-order valence-electron chi connectivity index (χ2n) is 4.14. The van der Waals surface area contributed by atoms with Crippen molar-refractivity contribution in [2.24, 2.45) is 0 Å². The Labute approximate surface area is 110 Å². The topological polar surface area (TPSA) is 52.1 Å². The average molecular weight is 260 g/mol. The molecule has 98 valence electrons. The first kappa shape index (κ1) is 13.1. The molecule has 2 aromatic rings. The molecule has 0 amide bonds. The first-order valence-corrected chi connectivity index (χ1v) is 5.75. The van der Waals surface area contributed by atoms with E-state index >= 15 is 0 Å². The highest BCUT2D eigenvalue weighted by Crippen LogP contribution is 2.14. The summed E-state index contributed by atoms with van der Waals surface area (Å²) in [5, 5.41) is 0. The highest BCUT2D eigenvalue weighted by atomic mass is 19.1. The summed E-state index contributed by atoms with van der Waals surface area (Å²) in [6.45, 7) is 1.96. The Morgan fingerprint density at radius 2 is 2.16 bits per heavy atom. The Hall–Kier alpha value is -2.30. The van der Waals surface area contributed by atoms with E-state index in [1.165, 1.54) is 13.4 Å². The number of aryl methyl sites for hydroxylation is 1. The number of ether oxygens (including phenoxy) is 1. The molecule has 0 saturated carbocycles. The Morgan fingerprint density at radius 1 is 1.37 bits per heavy atom. The number of nitrogens with zero attached hydrogens (tertiary/aromatic N) is 2. The predicted octanol–water partition coefficient (Wildman–Crippen LogP) is 2.30. The fourth-order valence-corrected chi connectivity index (χ4v) is 1.78. The van der Waals surface area contributed by atoms with Crippen LogP contribution >= 0.6 is 0 Å². The van der Waals surface area contributed by atoms with Crippen LogP contribution in [0.2, 0.25) is 0 Å². The molecule has 5 heteroatoms. The smallest absolute Gasteiger partial charge is 0.359 e. The van der Waals surface area contributed by atoms with Crippen molar-refractivity contribution in [3.8, 4) is 0 Å². The van der Waals surface area contributed by atoms with Crippen molar-refractivity contribution < 1.29 is 13.9 Å². The van der Waals surface area contributed by atoms with Gasteiger partial charge in [0.1, 0.15) is 6.33 Å². The number of hydrogen-bond acceptors (Lipinski definition) is 4. The number of esters is 1. The molecule has 0 aliphatic heterocycles. The monoisotopic (exact) mass is 260 g/mol. The zero-order chi connectivity index (χ0) is 13.8. The molecule has 0 atom stereocenters. The molecular formula is C14H13FN2O2. The summed E-state index contributed by atoms with van der Waals surface area (Å²) >= 11 is 0. The SMILES string of the molecule is COC(=O)c1ncnc(Cc2cccc(C)c2)c1F. The molecule has 0 spiro atoms. The minimum absolute atomic E-state index is 0.181. The molecule has 0 saturated heterocycles. The van der Waals surface area contributed by atoms with Gasteiger partial charge >= 0.3 is 5.97 Å². The lowest BCUT2D eigenvalue weighted by molar-refractivity contribution is 0.0587. The van der Waals surface area contributed by atoms with Crippen LogP contribution in [0.25, 0.3) is 0 Å². The number of halogens is 1. The van der Waals surface area contributed by atoms with Gasteiger partial charge in [-0.3, -0.25) is 0 Å². The number of rotatable bonds is 3. The van der Waals surface area contributed by atoms with Crippen molar-refractivity contribution in [1.29, 1.82) is 0 Å². The van der Waals surface area contributed by atoms with Crippen LogP contribution in [0.4, 0.5) is 4.39 Å². The second kappa shape index (κ2) is 5.56. The molecule has 0 unspecified atom stereocenters. The summed E-state index contributed by atoms with van der Waals surface area (Å²) in [6, 6.07) is 7.68. The summed E-state index contributed by atoms with van der Waals surface area (Å²) in [6.07, 6.45) is 1.47. The lowest BCUT2D eigenvalue weighted by Gasteiger charge is -2.06. The third-order valence-electron chi connectivity index (χ3n) is 2.69. The van der Waals surface area contributed by atoms with Crippen LogP contribution in [-0.4, -0.2) is 23.0 Å². The van der Waals surface area contributed by atoms with Gasteiger partial charge in [0.2, 0.25) is 0 Å². The van der Waals surface area contributed by atoms with Crippen LogP contribution in [0.15, 0.2) is 30.6 Å². The van der Waals surface area contributed by atoms with Gasteiger partial charge < -0.3 is 4.74 Å². The van der Waals surface area contributed by atoms with E-state index in [-0.39, 0.29) is 11.4 Å². The van der Waals surface area contributed by atoms with Gasteiger partial charge in [-0.25, -0.2) is 19.2 Å². The molecule has 0 radical (unpaired) electrons. The Balaban J connectivity index is 2.33. The fourth-order valence-electron chi connectivity index (χ4n) is 1.78. The van der Waals surface area contributed by atoms with Crippen molar-refractivity contribution in [3.63, 3.8) is 0 Å². The number of hydrogen-bond donors (Lipinski definition) is 0. The zero-order valence-electron chi connectivity index (χ0n) is 10.7. The molecule has 0 aliphatic rings. The van der Waals surface area contributed by atoms with E-state index < -0.39 is 11.8 Å². The molecular weight excluding hydrogens is 247 g/mol. The summed E-state index contributed by atoms with van der Waals surface area (Å²) in [4.78, 5) is 18.8. The maximum atomic E-state index is 14.1. The maximum Gasteiger partial charge on any atom is 0.359 e. The van der Waals surface area contributed by atoms with Gasteiger partial charge in [0.15, 0.2) is 11.5 Å². The van der Waals surface area contributed by atoms with Gasteiger partial charge in [-0.05, 0) is 12.5 Å². The van der Waals surface area contributed by atoms with Crippen LogP contribution in [-0.2, 0) is 11.2 Å². The molecule has 0 fully saturated rings. The van der Waals surface area contributed by atoms with Gasteiger partial charge in [-0.2, -0.15) is 0 Å². The quantitative estimate of drug-likeness (QED) is 0.795. The summed E-state index contributed by atoms with van der Waals surface area (Å²) < 4.78 is 18.5. The summed E-state index contributed by atoms with van der Waals surface area (Å²) in [5.74, 6) is -1.53. The van der Waals surface area contributed by atoms with Crippen molar-refractivity contribution in [2.75, 3.05) is 7.11 Å². The first-order valence-electron chi connectivity index (χ1n) is 5.75. The normalized spacial score (nSPS) is 10.3. The molecule has 0 bridgehead atoms. The van der Waals surface area contributed by atoms with Crippen molar-refractivity contribution in [1.82, 2.24) is 9.97 Å². The largest absolute Gasteiger partial charge is 0.464 e. The number of carbonyl (C=O) groups excluding carboxylic acids is 1. The molecule has 0 aliphatic carbocycles. The standard InChI is InChI=1S/C14H13FN2O2/c1-9-4-3-5-10(6-9)7-11-12(15)13(14(18)19-2)17-8-16-11/h3-6,8H,7H2,1-2H3. The van der Waals surface area contributed by atoms with Gasteiger partial charge in [0, 0.05) is 6.42 Å². The molecule has 0 N–H and O–H groups in total. The fraction of sp³-hybridized carbons (Fsp3) is 0.214. The lowest BCUT2D eigenvalue weighted by Crippen LogP contribution is -2.11. The van der Waals surface area contributed by atoms with E-state index in [0.29, 0.717) is 6.42 Å². The average Bonchev–Trinajstić information content (AvgIpc) is 2.40. The van der Waals surface area contributed by atoms with Crippen molar-refractivity contribution in [2.45, 2.75) is 13.3 Å². The van der Waals surface area contributed by atoms with E-state index in [9.17, 15) is 9.18 Å². The van der Waals surface area contributed by atoms with E-state index in [0.717, 1.165) is 11.1 Å². The second-order valence-corrected chi connectivity index (χ2v) is 4.14. The number of benzene rings is 1. The van der Waals surface area contributed by atoms with Gasteiger partial charge in [-0.15, -0.1) is 0 Å². The number of methoxy groups -OCH3 is 1. The maximum absolute atomic E-state index is 14.1. The molecule has 1 heterocycles. The number of carbonyl (C=O) groups is 1. The third-order valence-corrected chi connectivity index (χ3v) is 2.69. The first-order chi connectivity index (χ1) is 9.11. The van der Waals surface area contributed by atoms with Crippen LogP contribution in [0, 0.1) is 12.7 Å². The Bertz CT molecular complexity index is 614. The lowest BCUT2D eigenvalue weighted by atomic mass is 10.1. The van der Waals surface area contributed by atoms with Crippen molar-refractivity contribution >= 4 is 5.97 Å². The molecule has 2 rings (SSSR count). The highest BCUT2D eigenvalue weighted by molar-refractivity contribution is 5.87. The van der Waals surface area contributed by atoms with Crippen LogP contribution in [0.5, 0.6) is 0 Å². The predicted molar refractivity (Wildman–Crippen MR) is 67.3 cm³/mol. The van der Waals surface area contributed by atoms with Crippen molar-refractivity contribution in [3.05, 3.63) is 58.9 Å². The molecule has 4 nitrogen and oxygen atoms in total. The summed E-state index contributed by atoms with van der Waals surface area (Å²) in [5.41, 5.74) is 1.86. The van der Waals surface area contributed by atoms with Gasteiger partial charge in [0.05, 0.1) is 12.8 Å². The van der Waals surface area contributed by atoms with Crippen LogP contribution < -0.4 is 0 Å². The van der Waals surface area contributed by atoms with E-state index in [1.54, 1.807) is 0 Å². The zero-order valence-corrected chi connectivity index (χ0v) is 10.7. The molecule has 1 aromatic carbocycles. The highest BCUT2D eigenvalue weighted by Gasteiger charge is 2.18. The third kappa shape index (κ3) is 2.93. The van der Waals surface area contributed by atoms with Gasteiger partial charge in [-0.1, -0.05) is 29.8 Å². The van der Waals surface area contributed by atoms with E-state index in [4.69, 9.17) is 0 Å². The van der Waals surface area contributed by atoms with Crippen LogP contribution in [0.1, 0.15) is 27.3 Å². The Morgan fingerprint density at radius 3 is 2.84 bits per heavy atom. The minimum atomic E-state index is -0.801. The van der Waals surface area contributed by atoms with Gasteiger partial charge in [0.25, 0.3) is 0 Å². The summed E-state index contributed by atoms with van der Waals surface area (Å²) in [7, 11) is 1.18.